The van der Waals surface area contributed by atoms with Crippen molar-refractivity contribution < 1.29 is 0 Å². The van der Waals surface area contributed by atoms with Crippen LogP contribution in [0.2, 0.25) is 0 Å². The minimum Gasteiger partial charge on any atom is -0.310 e. The van der Waals surface area contributed by atoms with Crippen LogP contribution in [0.15, 0.2) is 187 Å². The molecular formula is C43H30BrN3. The molecule has 47 heavy (non-hydrogen) atoms. The minimum absolute atomic E-state index is 0.981. The first-order valence-electron chi connectivity index (χ1n) is 15.7. The SMILES string of the molecule is Brc1cc(N(c2ccccc2)c2cccc(-c3ccccc3)c2)cc(N(c2ccccc2)c2cc3ccccc3c3ncccc23)c1. The number of nitrogens with zero attached hydrogens (tertiary/aromatic N) is 3. The van der Waals surface area contributed by atoms with Crippen molar-refractivity contribution in [3.05, 3.63) is 187 Å². The molecule has 0 saturated heterocycles. The molecule has 7 aromatic carbocycles. The van der Waals surface area contributed by atoms with E-state index in [2.05, 4.69) is 196 Å². The number of halogens is 1. The van der Waals surface area contributed by atoms with Gasteiger partial charge in [0.05, 0.1) is 11.2 Å². The lowest BCUT2D eigenvalue weighted by molar-refractivity contribution is 1.25. The second-order valence-corrected chi connectivity index (χ2v) is 12.4. The Morgan fingerprint density at radius 3 is 1.72 bits per heavy atom. The molecule has 1 aromatic heterocycles. The second kappa shape index (κ2) is 12.6. The van der Waals surface area contributed by atoms with Crippen molar-refractivity contribution in [1.29, 1.82) is 0 Å². The monoisotopic (exact) mass is 667 g/mol. The molecule has 0 spiro atoms. The predicted molar refractivity (Wildman–Crippen MR) is 202 cm³/mol. The number of hydrogen-bond donors (Lipinski definition) is 0. The maximum atomic E-state index is 4.87. The smallest absolute Gasteiger partial charge is 0.0801 e. The van der Waals surface area contributed by atoms with Gasteiger partial charge < -0.3 is 9.80 Å². The maximum Gasteiger partial charge on any atom is 0.0801 e. The summed E-state index contributed by atoms with van der Waals surface area (Å²) in [5.74, 6) is 0. The molecule has 0 amide bonds. The van der Waals surface area contributed by atoms with E-state index in [0.29, 0.717) is 0 Å². The van der Waals surface area contributed by atoms with E-state index in [1.54, 1.807) is 0 Å². The number of aromatic nitrogens is 1. The first-order chi connectivity index (χ1) is 23.2. The number of para-hydroxylation sites is 2. The van der Waals surface area contributed by atoms with Crippen LogP contribution < -0.4 is 9.80 Å². The zero-order valence-electron chi connectivity index (χ0n) is 25.5. The van der Waals surface area contributed by atoms with E-state index in [4.69, 9.17) is 4.98 Å². The normalized spacial score (nSPS) is 11.1. The molecule has 1 heterocycles. The van der Waals surface area contributed by atoms with Crippen molar-refractivity contribution in [3.63, 3.8) is 0 Å². The summed E-state index contributed by atoms with van der Waals surface area (Å²) >= 11 is 3.91. The van der Waals surface area contributed by atoms with Crippen LogP contribution in [0.4, 0.5) is 34.1 Å². The maximum absolute atomic E-state index is 4.87. The Bertz CT molecular complexity index is 2320. The van der Waals surface area contributed by atoms with Crippen molar-refractivity contribution in [2.75, 3.05) is 9.80 Å². The van der Waals surface area contributed by atoms with Crippen molar-refractivity contribution in [2.45, 2.75) is 0 Å². The molecular weight excluding hydrogens is 638 g/mol. The summed E-state index contributed by atoms with van der Waals surface area (Å²) in [6, 6.07) is 62.0. The summed E-state index contributed by atoms with van der Waals surface area (Å²) in [5.41, 5.74) is 9.69. The third kappa shape index (κ3) is 5.65. The van der Waals surface area contributed by atoms with Crippen LogP contribution >= 0.6 is 15.9 Å². The molecule has 4 heteroatoms. The van der Waals surface area contributed by atoms with Crippen molar-refractivity contribution in [2.24, 2.45) is 0 Å². The number of pyridine rings is 1. The second-order valence-electron chi connectivity index (χ2n) is 11.4. The summed E-state index contributed by atoms with van der Waals surface area (Å²) in [6.07, 6.45) is 1.88. The van der Waals surface area contributed by atoms with Gasteiger partial charge in [-0.3, -0.25) is 4.98 Å². The van der Waals surface area contributed by atoms with Crippen molar-refractivity contribution in [3.8, 4) is 11.1 Å². The molecule has 0 atom stereocenters. The zero-order chi connectivity index (χ0) is 31.6. The highest BCUT2D eigenvalue weighted by molar-refractivity contribution is 9.10. The van der Waals surface area contributed by atoms with E-state index in [1.807, 2.05) is 12.3 Å². The Kier molecular flexibility index (Phi) is 7.70. The van der Waals surface area contributed by atoms with Crippen LogP contribution in [0.1, 0.15) is 0 Å². The summed E-state index contributed by atoms with van der Waals surface area (Å²) in [4.78, 5) is 9.54. The third-order valence-corrected chi connectivity index (χ3v) is 8.91. The van der Waals surface area contributed by atoms with Gasteiger partial charge in [-0.05, 0) is 89.3 Å². The molecule has 3 nitrogen and oxygen atoms in total. The van der Waals surface area contributed by atoms with Gasteiger partial charge in [0.25, 0.3) is 0 Å². The molecule has 224 valence electrons. The van der Waals surface area contributed by atoms with Gasteiger partial charge in [-0.15, -0.1) is 0 Å². The minimum atomic E-state index is 0.981. The highest BCUT2D eigenvalue weighted by Gasteiger charge is 2.21. The summed E-state index contributed by atoms with van der Waals surface area (Å²) in [7, 11) is 0. The van der Waals surface area contributed by atoms with Crippen LogP contribution in [-0.2, 0) is 0 Å². The average Bonchev–Trinajstić information content (AvgIpc) is 3.13. The molecule has 0 aliphatic heterocycles. The summed E-state index contributed by atoms with van der Waals surface area (Å²) in [5, 5.41) is 3.38. The quantitative estimate of drug-likeness (QED) is 0.158. The van der Waals surface area contributed by atoms with Crippen LogP contribution in [0.3, 0.4) is 0 Å². The first-order valence-corrected chi connectivity index (χ1v) is 16.5. The molecule has 0 aliphatic rings. The number of hydrogen-bond acceptors (Lipinski definition) is 3. The molecule has 0 unspecified atom stereocenters. The van der Waals surface area contributed by atoms with E-state index in [-0.39, 0.29) is 0 Å². The lowest BCUT2D eigenvalue weighted by Crippen LogP contribution is -2.14. The molecule has 0 radical (unpaired) electrons. The zero-order valence-corrected chi connectivity index (χ0v) is 27.1. The van der Waals surface area contributed by atoms with Gasteiger partial charge in [0.1, 0.15) is 0 Å². The fourth-order valence-corrected chi connectivity index (χ4v) is 6.85. The van der Waals surface area contributed by atoms with Gasteiger partial charge in [0, 0.05) is 49.9 Å². The van der Waals surface area contributed by atoms with Crippen LogP contribution in [0.5, 0.6) is 0 Å². The van der Waals surface area contributed by atoms with E-state index in [0.717, 1.165) is 60.3 Å². The van der Waals surface area contributed by atoms with Gasteiger partial charge >= 0.3 is 0 Å². The highest BCUT2D eigenvalue weighted by atomic mass is 79.9. The Hall–Kier alpha value is -5.71. The Balaban J connectivity index is 1.35. The molecule has 8 aromatic rings. The van der Waals surface area contributed by atoms with Gasteiger partial charge in [0.15, 0.2) is 0 Å². The van der Waals surface area contributed by atoms with Gasteiger partial charge in [-0.2, -0.15) is 0 Å². The lowest BCUT2D eigenvalue weighted by atomic mass is 10.0. The van der Waals surface area contributed by atoms with Crippen LogP contribution in [0, 0.1) is 0 Å². The standard InChI is InChI=1S/C43H30BrN3/c44-34-28-38(46(35-18-6-2-7-19-35)37-22-12-17-32(26-37)31-14-4-1-5-15-31)30-39(29-34)47(36-20-8-3-9-21-36)42-27-33-16-10-11-23-40(33)43-41(42)24-13-25-45-43/h1-30H. The fourth-order valence-electron chi connectivity index (χ4n) is 6.38. The topological polar surface area (TPSA) is 19.4 Å². The first kappa shape index (κ1) is 28.7. The van der Waals surface area contributed by atoms with E-state index in [9.17, 15) is 0 Å². The van der Waals surface area contributed by atoms with Gasteiger partial charge in [-0.25, -0.2) is 0 Å². The van der Waals surface area contributed by atoms with Gasteiger partial charge in [0.2, 0.25) is 0 Å². The summed E-state index contributed by atoms with van der Waals surface area (Å²) in [6.45, 7) is 0. The van der Waals surface area contributed by atoms with Gasteiger partial charge in [-0.1, -0.05) is 119 Å². The largest absolute Gasteiger partial charge is 0.310 e. The molecule has 0 saturated carbocycles. The number of benzene rings is 7. The molecule has 0 N–H and O–H groups in total. The summed E-state index contributed by atoms with van der Waals surface area (Å²) < 4.78 is 0.981. The van der Waals surface area contributed by atoms with E-state index < -0.39 is 0 Å². The fraction of sp³-hybridized carbons (Fsp3) is 0. The Morgan fingerprint density at radius 1 is 0.404 bits per heavy atom. The molecule has 8 rings (SSSR count). The molecule has 0 fully saturated rings. The Labute approximate surface area is 283 Å². The lowest BCUT2D eigenvalue weighted by Gasteiger charge is -2.30. The van der Waals surface area contributed by atoms with Crippen molar-refractivity contribution in [1.82, 2.24) is 4.98 Å². The van der Waals surface area contributed by atoms with Crippen LogP contribution in [-0.4, -0.2) is 4.98 Å². The number of anilines is 6. The molecule has 0 bridgehead atoms. The van der Waals surface area contributed by atoms with E-state index >= 15 is 0 Å². The number of fused-ring (bicyclic) bond motifs is 3. The number of rotatable bonds is 7. The van der Waals surface area contributed by atoms with E-state index in [1.165, 1.54) is 11.1 Å². The van der Waals surface area contributed by atoms with Crippen molar-refractivity contribution >= 4 is 71.7 Å². The predicted octanol–water partition coefficient (Wildman–Crippen LogP) is 12.8. The molecule has 0 aliphatic carbocycles. The average molecular weight is 669 g/mol. The van der Waals surface area contributed by atoms with Crippen LogP contribution in [0.25, 0.3) is 32.8 Å². The third-order valence-electron chi connectivity index (χ3n) is 8.46. The highest BCUT2D eigenvalue weighted by Crippen LogP contribution is 2.45. The Morgan fingerprint density at radius 2 is 0.979 bits per heavy atom.